The van der Waals surface area contributed by atoms with Gasteiger partial charge in [-0.3, -0.25) is 9.59 Å². The molecule has 0 radical (unpaired) electrons. The third-order valence-electron chi connectivity index (χ3n) is 4.37. The van der Waals surface area contributed by atoms with Crippen molar-refractivity contribution in [2.24, 2.45) is 0 Å². The third kappa shape index (κ3) is 4.99. The van der Waals surface area contributed by atoms with Crippen LogP contribution in [-0.2, 0) is 0 Å². The first-order valence-corrected chi connectivity index (χ1v) is 9.38. The number of hydrogen-bond acceptors (Lipinski definition) is 8. The standard InChI is InChI=1S/C24H18O8/c1-13-10-19(27)21(23(29)31-13)17(25)8-6-15-4-3-5-16(12-15)7-9-18(26)22-20(28)11-14(2)32-24(22)30/h3-12,27-28H,1-2H3/b8-6+,9-7+. The highest BCUT2D eigenvalue weighted by Gasteiger charge is 2.17. The van der Waals surface area contributed by atoms with Crippen molar-refractivity contribution in [3.63, 3.8) is 0 Å². The highest BCUT2D eigenvalue weighted by Crippen LogP contribution is 2.18. The van der Waals surface area contributed by atoms with Crippen molar-refractivity contribution in [3.05, 3.63) is 103 Å². The highest BCUT2D eigenvalue weighted by atomic mass is 16.4. The number of carbonyl (C=O) groups excluding carboxylic acids is 2. The van der Waals surface area contributed by atoms with Gasteiger partial charge in [-0.2, -0.15) is 0 Å². The van der Waals surface area contributed by atoms with E-state index < -0.39 is 45.4 Å². The van der Waals surface area contributed by atoms with E-state index in [-0.39, 0.29) is 11.5 Å². The van der Waals surface area contributed by atoms with Gasteiger partial charge in [0, 0.05) is 12.1 Å². The molecule has 8 heteroatoms. The highest BCUT2D eigenvalue weighted by molar-refractivity contribution is 6.09. The number of allylic oxidation sites excluding steroid dienone is 2. The molecule has 3 aromatic rings. The van der Waals surface area contributed by atoms with Gasteiger partial charge in [0.2, 0.25) is 0 Å². The van der Waals surface area contributed by atoms with Gasteiger partial charge >= 0.3 is 11.3 Å². The summed E-state index contributed by atoms with van der Waals surface area (Å²) in [6.45, 7) is 2.95. The molecule has 0 saturated carbocycles. The fraction of sp³-hybridized carbons (Fsp3) is 0.0833. The second-order valence-electron chi connectivity index (χ2n) is 6.87. The molecule has 8 nitrogen and oxygen atoms in total. The second-order valence-corrected chi connectivity index (χ2v) is 6.87. The van der Waals surface area contributed by atoms with Crippen LogP contribution in [0.5, 0.6) is 11.5 Å². The molecule has 2 aromatic heterocycles. The fourth-order valence-electron chi connectivity index (χ4n) is 2.92. The molecule has 0 saturated heterocycles. The predicted molar refractivity (Wildman–Crippen MR) is 116 cm³/mol. The minimum atomic E-state index is -0.934. The summed E-state index contributed by atoms with van der Waals surface area (Å²) in [5.74, 6) is -2.03. The first-order chi connectivity index (χ1) is 15.2. The van der Waals surface area contributed by atoms with Crippen LogP contribution in [-0.4, -0.2) is 21.8 Å². The predicted octanol–water partition coefficient (Wildman–Crippen LogP) is 3.41. The number of aryl methyl sites for hydroxylation is 2. The molecule has 0 spiro atoms. The molecule has 0 unspecified atom stereocenters. The monoisotopic (exact) mass is 434 g/mol. The van der Waals surface area contributed by atoms with Gasteiger partial charge in [-0.25, -0.2) is 9.59 Å². The summed E-state index contributed by atoms with van der Waals surface area (Å²) in [6.07, 6.45) is 5.09. The van der Waals surface area contributed by atoms with Crippen molar-refractivity contribution < 1.29 is 28.6 Å². The van der Waals surface area contributed by atoms with E-state index in [2.05, 4.69) is 0 Å². The van der Waals surface area contributed by atoms with Crippen LogP contribution in [0.15, 0.2) is 67.0 Å². The normalized spacial score (nSPS) is 11.3. The summed E-state index contributed by atoms with van der Waals surface area (Å²) in [5, 5.41) is 19.7. The average molecular weight is 434 g/mol. The van der Waals surface area contributed by atoms with Crippen LogP contribution in [0.1, 0.15) is 43.4 Å². The van der Waals surface area contributed by atoms with Crippen molar-refractivity contribution in [2.75, 3.05) is 0 Å². The lowest BCUT2D eigenvalue weighted by Gasteiger charge is -2.01. The van der Waals surface area contributed by atoms with Gasteiger partial charge in [-0.15, -0.1) is 0 Å². The largest absolute Gasteiger partial charge is 0.507 e. The molecule has 0 aliphatic rings. The Morgan fingerprint density at radius 1 is 0.750 bits per heavy atom. The summed E-state index contributed by atoms with van der Waals surface area (Å²) in [5.41, 5.74) is -1.66. The molecule has 2 heterocycles. The molecule has 0 atom stereocenters. The van der Waals surface area contributed by atoms with E-state index in [0.29, 0.717) is 11.1 Å². The maximum absolute atomic E-state index is 12.3. The summed E-state index contributed by atoms with van der Waals surface area (Å²) in [7, 11) is 0. The van der Waals surface area contributed by atoms with Gasteiger partial charge in [0.25, 0.3) is 0 Å². The smallest absolute Gasteiger partial charge is 0.351 e. The van der Waals surface area contributed by atoms with Crippen LogP contribution >= 0.6 is 0 Å². The lowest BCUT2D eigenvalue weighted by atomic mass is 10.1. The van der Waals surface area contributed by atoms with E-state index in [1.807, 2.05) is 0 Å². The zero-order valence-electron chi connectivity index (χ0n) is 17.1. The van der Waals surface area contributed by atoms with E-state index >= 15 is 0 Å². The fourth-order valence-corrected chi connectivity index (χ4v) is 2.92. The van der Waals surface area contributed by atoms with Crippen molar-refractivity contribution in [1.29, 1.82) is 0 Å². The number of hydrogen-bond donors (Lipinski definition) is 2. The topological polar surface area (TPSA) is 135 Å². The van der Waals surface area contributed by atoms with Gasteiger partial charge in [0.05, 0.1) is 0 Å². The van der Waals surface area contributed by atoms with E-state index in [4.69, 9.17) is 8.83 Å². The Hall–Kier alpha value is -4.46. The number of rotatable bonds is 6. The molecule has 3 rings (SSSR count). The lowest BCUT2D eigenvalue weighted by molar-refractivity contribution is 0.103. The maximum atomic E-state index is 12.3. The minimum Gasteiger partial charge on any atom is -0.507 e. The summed E-state index contributed by atoms with van der Waals surface area (Å²) >= 11 is 0. The summed E-state index contributed by atoms with van der Waals surface area (Å²) < 4.78 is 9.67. The Bertz CT molecular complexity index is 1280. The average Bonchev–Trinajstić information content (AvgIpc) is 2.69. The lowest BCUT2D eigenvalue weighted by Crippen LogP contribution is -2.13. The van der Waals surface area contributed by atoms with Gasteiger partial charge in [0.1, 0.15) is 34.1 Å². The second kappa shape index (κ2) is 9.13. The van der Waals surface area contributed by atoms with Crippen LogP contribution < -0.4 is 11.3 Å². The van der Waals surface area contributed by atoms with Crippen LogP contribution in [0, 0.1) is 13.8 Å². The molecule has 0 bridgehead atoms. The summed E-state index contributed by atoms with van der Waals surface area (Å²) in [6, 6.07) is 9.03. The van der Waals surface area contributed by atoms with Crippen molar-refractivity contribution in [1.82, 2.24) is 0 Å². The Balaban J connectivity index is 1.80. The Morgan fingerprint density at radius 3 is 1.53 bits per heavy atom. The zero-order valence-corrected chi connectivity index (χ0v) is 17.1. The van der Waals surface area contributed by atoms with Crippen molar-refractivity contribution in [2.45, 2.75) is 13.8 Å². The molecular weight excluding hydrogens is 416 g/mol. The number of benzene rings is 1. The van der Waals surface area contributed by atoms with Gasteiger partial charge in [-0.1, -0.05) is 30.4 Å². The molecule has 0 aliphatic carbocycles. The molecule has 1 aromatic carbocycles. The Labute approximate surface area is 181 Å². The molecular formula is C24H18O8. The van der Waals surface area contributed by atoms with E-state index in [1.54, 1.807) is 24.3 Å². The molecule has 32 heavy (non-hydrogen) atoms. The molecule has 0 aliphatic heterocycles. The quantitative estimate of drug-likeness (QED) is 0.445. The van der Waals surface area contributed by atoms with Crippen molar-refractivity contribution in [3.8, 4) is 11.5 Å². The van der Waals surface area contributed by atoms with Gasteiger partial charge in [-0.05, 0) is 43.2 Å². The van der Waals surface area contributed by atoms with Crippen molar-refractivity contribution >= 4 is 23.7 Å². The Kier molecular flexibility index (Phi) is 6.34. The van der Waals surface area contributed by atoms with Crippen LogP contribution in [0.25, 0.3) is 12.2 Å². The summed E-state index contributed by atoms with van der Waals surface area (Å²) in [4.78, 5) is 48.2. The number of aromatic hydroxyl groups is 2. The van der Waals surface area contributed by atoms with Crippen LogP contribution in [0.3, 0.4) is 0 Å². The molecule has 2 N–H and O–H groups in total. The van der Waals surface area contributed by atoms with Crippen LogP contribution in [0.4, 0.5) is 0 Å². The molecule has 0 fully saturated rings. The van der Waals surface area contributed by atoms with Gasteiger partial charge < -0.3 is 19.0 Å². The van der Waals surface area contributed by atoms with Crippen LogP contribution in [0.2, 0.25) is 0 Å². The number of carbonyl (C=O) groups is 2. The molecule has 162 valence electrons. The maximum Gasteiger partial charge on any atom is 0.351 e. The van der Waals surface area contributed by atoms with E-state index in [1.165, 1.54) is 38.1 Å². The van der Waals surface area contributed by atoms with E-state index in [9.17, 15) is 29.4 Å². The van der Waals surface area contributed by atoms with E-state index in [0.717, 1.165) is 12.2 Å². The first-order valence-electron chi connectivity index (χ1n) is 9.38. The Morgan fingerprint density at radius 2 is 1.16 bits per heavy atom. The zero-order chi connectivity index (χ0) is 23.4. The first kappa shape index (κ1) is 22.2. The SMILES string of the molecule is Cc1cc(O)c(C(=O)/C=C/c2cccc(/C=C/C(=O)c3c(O)cc(C)oc3=O)c2)c(=O)o1. The minimum absolute atomic E-state index is 0.179. The van der Waals surface area contributed by atoms with Gasteiger partial charge in [0.15, 0.2) is 11.6 Å². The number of ketones is 2. The molecule has 0 amide bonds. The third-order valence-corrected chi connectivity index (χ3v) is 4.37.